The van der Waals surface area contributed by atoms with Crippen LogP contribution in [0.2, 0.25) is 0 Å². The summed E-state index contributed by atoms with van der Waals surface area (Å²) in [5, 5.41) is 62.6. The van der Waals surface area contributed by atoms with Crippen molar-refractivity contribution in [2.75, 3.05) is 13.6 Å². The molecular weight excluding hydrogens is 1300 g/mol. The standard InChI is InChI=1S/C39H36N2O10.C38H34N2O10/c1-23(28(27-15-16-33-34(18-27)50-22-49-33)9-6-12-35-40-31-10-4-5-11-32(31)51-35)41(21-24-13-14-25-7-2-3-8-26(25)17-24)36(42)19-29(38(45)46)30(39(47)48)20-37(43)44;1-23(28(27-15-16-31-32(18-27)49-22-48-31)9-6-12-33-39-29-10-4-5-11-30(29)50-33)40(21-24-13-14-25-7-2-3-8-26(25)17-24)34(41)19-38(36(44)45,37(46)47)20-35(42)43/h2-8,10-18,23,28-30H,9,19-22H2,1H3,(H,43,44)(H,45,46)(H,47,48);2-8,10-18,23,28H,9,19-22H2,1H3,(H,42,43)(H,44,45)(H,46,47). The van der Waals surface area contributed by atoms with Gasteiger partial charge in [-0.2, -0.15) is 0 Å². The normalized spacial score (nSPS) is 14.2. The molecule has 24 heteroatoms. The smallest absolute Gasteiger partial charge is 0.322 e. The van der Waals surface area contributed by atoms with Crippen LogP contribution >= 0.6 is 0 Å². The fourth-order valence-corrected chi connectivity index (χ4v) is 12.9. The number of carbonyl (C=O) groups excluding carboxylic acids is 2. The predicted octanol–water partition coefficient (Wildman–Crippen LogP) is 12.9. The average Bonchev–Trinajstić information content (AvgIpc) is 1.32. The number of carboxylic acids is 6. The van der Waals surface area contributed by atoms with Crippen LogP contribution in [0.3, 0.4) is 0 Å². The Hall–Kier alpha value is -12.3. The summed E-state index contributed by atoms with van der Waals surface area (Å²) in [6.45, 7) is 3.83. The molecule has 0 spiro atoms. The summed E-state index contributed by atoms with van der Waals surface area (Å²) in [5.41, 5.74) is 2.86. The van der Waals surface area contributed by atoms with E-state index in [1.807, 2.05) is 177 Å². The van der Waals surface area contributed by atoms with Gasteiger partial charge >= 0.3 is 35.8 Å². The molecule has 6 unspecified atom stereocenters. The Morgan fingerprint density at radius 3 is 1.30 bits per heavy atom. The van der Waals surface area contributed by atoms with Crippen molar-refractivity contribution in [3.63, 3.8) is 0 Å². The Bertz CT molecular complexity index is 4760. The van der Waals surface area contributed by atoms with Gasteiger partial charge in [0.25, 0.3) is 0 Å². The van der Waals surface area contributed by atoms with Gasteiger partial charge in [0.05, 0.1) is 31.1 Å². The van der Waals surface area contributed by atoms with Crippen LogP contribution in [0.1, 0.15) is 98.2 Å². The first-order chi connectivity index (χ1) is 48.6. The number of nitrogens with zero attached hydrogens (tertiary/aromatic N) is 4. The fourth-order valence-electron chi connectivity index (χ4n) is 12.9. The Labute approximate surface area is 576 Å². The zero-order valence-corrected chi connectivity index (χ0v) is 54.7. The van der Waals surface area contributed by atoms with E-state index in [1.165, 1.54) is 4.90 Å². The highest BCUT2D eigenvalue weighted by Crippen LogP contribution is 2.41. The number of amides is 2. The molecule has 0 saturated heterocycles. The largest absolute Gasteiger partial charge is 0.481 e. The van der Waals surface area contributed by atoms with Crippen molar-refractivity contribution in [1.82, 2.24) is 19.8 Å². The van der Waals surface area contributed by atoms with Crippen LogP contribution < -0.4 is 18.9 Å². The van der Waals surface area contributed by atoms with Gasteiger partial charge in [0.1, 0.15) is 11.0 Å². The first kappa shape index (κ1) is 70.0. The summed E-state index contributed by atoms with van der Waals surface area (Å²) < 4.78 is 34.1. The highest BCUT2D eigenvalue weighted by molar-refractivity contribution is 6.05. The van der Waals surface area contributed by atoms with E-state index in [2.05, 4.69) is 9.97 Å². The summed E-state index contributed by atoms with van der Waals surface area (Å²) in [4.78, 5) is 113. The lowest BCUT2D eigenvalue weighted by Gasteiger charge is -2.37. The predicted molar refractivity (Wildman–Crippen MR) is 368 cm³/mol. The topological polar surface area (TPSA) is 353 Å². The lowest BCUT2D eigenvalue weighted by atomic mass is 9.80. The number of aliphatic carboxylic acids is 6. The lowest BCUT2D eigenvalue weighted by molar-refractivity contribution is -0.173. The van der Waals surface area contributed by atoms with Crippen molar-refractivity contribution in [3.8, 4) is 23.0 Å². The van der Waals surface area contributed by atoms with E-state index in [0.29, 0.717) is 75.4 Å². The van der Waals surface area contributed by atoms with E-state index < -0.39 is 109 Å². The molecular formula is C77H70N4O20. The van der Waals surface area contributed by atoms with Crippen LogP contribution in [0.15, 0.2) is 191 Å². The molecule has 8 aromatic carbocycles. The highest BCUT2D eigenvalue weighted by Gasteiger charge is 2.51. The number of hydrogen-bond acceptors (Lipinski definition) is 16. The number of carbonyl (C=O) groups is 8. The number of carboxylic acid groups (broad SMARTS) is 6. The first-order valence-electron chi connectivity index (χ1n) is 32.3. The molecule has 0 radical (unpaired) electrons. The van der Waals surface area contributed by atoms with Crippen molar-refractivity contribution >= 4 is 104 Å². The third-order valence-electron chi connectivity index (χ3n) is 18.3. The summed E-state index contributed by atoms with van der Waals surface area (Å²) in [6.07, 6.45) is 3.96. The van der Waals surface area contributed by atoms with Gasteiger partial charge in [-0.3, -0.25) is 38.4 Å². The van der Waals surface area contributed by atoms with Crippen LogP contribution in [-0.4, -0.2) is 124 Å². The number of para-hydroxylation sites is 4. The Balaban J connectivity index is 0.000000203. The SMILES string of the molecule is CC(C(CC=Cc1nc2ccccc2o1)c1ccc2c(c1)OCO2)N(Cc1ccc2ccccc2c1)C(=O)CC(C(=O)O)C(CC(=O)O)C(=O)O.CC(C(CC=Cc1nc2ccccc2o1)c1ccc2c(c1)OCO2)N(Cc1ccc2ccccc2c1)C(=O)CC(CC(=O)O)(C(=O)O)C(=O)O. The summed E-state index contributed by atoms with van der Waals surface area (Å²) in [6, 6.07) is 51.3. The zero-order chi connectivity index (χ0) is 71.5. The molecule has 2 aromatic heterocycles. The Morgan fingerprint density at radius 2 is 0.871 bits per heavy atom. The molecule has 6 atom stereocenters. The highest BCUT2D eigenvalue weighted by atomic mass is 16.7. The van der Waals surface area contributed by atoms with Crippen molar-refractivity contribution in [2.24, 2.45) is 17.3 Å². The zero-order valence-electron chi connectivity index (χ0n) is 54.7. The summed E-state index contributed by atoms with van der Waals surface area (Å²) in [7, 11) is 0. The second-order valence-electron chi connectivity index (χ2n) is 24.8. The quantitative estimate of drug-likeness (QED) is 0.0237. The van der Waals surface area contributed by atoms with Crippen LogP contribution in [0.4, 0.5) is 0 Å². The molecule has 12 rings (SSSR count). The maximum absolute atomic E-state index is 14.3. The van der Waals surface area contributed by atoms with Crippen molar-refractivity contribution in [3.05, 3.63) is 216 Å². The van der Waals surface area contributed by atoms with Crippen molar-refractivity contribution < 1.29 is 96.8 Å². The molecule has 518 valence electrons. The van der Waals surface area contributed by atoms with Gasteiger partial charge in [0, 0.05) is 43.4 Å². The molecule has 24 nitrogen and oxygen atoms in total. The summed E-state index contributed by atoms with van der Waals surface area (Å²) >= 11 is 0. The van der Waals surface area contributed by atoms with Gasteiger partial charge in [-0.05, 0) is 143 Å². The molecule has 0 fully saturated rings. The second kappa shape index (κ2) is 31.0. The number of rotatable bonds is 29. The van der Waals surface area contributed by atoms with E-state index in [0.717, 1.165) is 38.2 Å². The number of fused-ring (bicyclic) bond motifs is 6. The fraction of sp³-hybridized carbons (Fsp3) is 0.247. The first-order valence-corrected chi connectivity index (χ1v) is 32.3. The van der Waals surface area contributed by atoms with Crippen LogP contribution in [0.5, 0.6) is 23.0 Å². The van der Waals surface area contributed by atoms with Crippen LogP contribution in [0.25, 0.3) is 55.9 Å². The number of aromatic nitrogens is 2. The van der Waals surface area contributed by atoms with Gasteiger partial charge in [0.15, 0.2) is 39.6 Å². The number of hydrogen-bond donors (Lipinski definition) is 6. The van der Waals surface area contributed by atoms with Crippen molar-refractivity contribution in [1.29, 1.82) is 0 Å². The van der Waals surface area contributed by atoms with E-state index in [9.17, 15) is 69.0 Å². The molecule has 2 aliphatic rings. The van der Waals surface area contributed by atoms with E-state index in [4.69, 9.17) is 27.8 Å². The van der Waals surface area contributed by atoms with Crippen LogP contribution in [0, 0.1) is 17.3 Å². The summed E-state index contributed by atoms with van der Waals surface area (Å²) in [5.74, 6) is -13.0. The average molecular weight is 1370 g/mol. The number of oxazole rings is 2. The minimum absolute atomic E-state index is 0.0108. The second-order valence-corrected chi connectivity index (χ2v) is 24.8. The monoisotopic (exact) mass is 1370 g/mol. The minimum Gasteiger partial charge on any atom is -0.481 e. The Kier molecular flexibility index (Phi) is 21.5. The maximum atomic E-state index is 14.3. The molecule has 0 saturated carbocycles. The van der Waals surface area contributed by atoms with E-state index in [-0.39, 0.29) is 32.6 Å². The van der Waals surface area contributed by atoms with E-state index >= 15 is 0 Å². The molecule has 101 heavy (non-hydrogen) atoms. The van der Waals surface area contributed by atoms with Crippen LogP contribution in [-0.2, 0) is 51.4 Å². The Morgan fingerprint density at radius 1 is 0.455 bits per heavy atom. The molecule has 2 amide bonds. The van der Waals surface area contributed by atoms with Crippen molar-refractivity contribution in [2.45, 2.75) is 89.4 Å². The van der Waals surface area contributed by atoms with Gasteiger partial charge in [0.2, 0.25) is 37.2 Å². The van der Waals surface area contributed by atoms with E-state index in [1.54, 1.807) is 36.1 Å². The number of benzene rings is 8. The lowest BCUT2D eigenvalue weighted by Crippen LogP contribution is -2.48. The molecule has 10 aromatic rings. The van der Waals surface area contributed by atoms with Gasteiger partial charge in [-0.25, -0.2) is 9.97 Å². The molecule has 4 heterocycles. The molecule has 6 N–H and O–H groups in total. The van der Waals surface area contributed by atoms with Gasteiger partial charge < -0.3 is 68.2 Å². The minimum atomic E-state index is -2.88. The molecule has 0 aliphatic carbocycles. The molecule has 2 aliphatic heterocycles. The van der Waals surface area contributed by atoms with Gasteiger partial charge in [-0.1, -0.05) is 121 Å². The number of allylic oxidation sites excluding steroid dienone is 2. The number of ether oxygens (including phenoxy) is 4. The third-order valence-corrected chi connectivity index (χ3v) is 18.3. The maximum Gasteiger partial charge on any atom is 0.322 e. The van der Waals surface area contributed by atoms with Gasteiger partial charge in [-0.15, -0.1) is 0 Å². The molecule has 0 bridgehead atoms. The third kappa shape index (κ3) is 16.5.